The molecule has 2 aromatic rings. The van der Waals surface area contributed by atoms with E-state index in [-0.39, 0.29) is 22.7 Å². The molecule has 2 fully saturated rings. The molecule has 4 rings (SSSR count). The Bertz CT molecular complexity index is 1210. The van der Waals surface area contributed by atoms with Crippen LogP contribution in [-0.4, -0.2) is 36.5 Å². The van der Waals surface area contributed by atoms with Crippen LogP contribution in [0.25, 0.3) is 0 Å². The quantitative estimate of drug-likeness (QED) is 0.351. The van der Waals surface area contributed by atoms with Crippen molar-refractivity contribution in [3.8, 4) is 0 Å². The van der Waals surface area contributed by atoms with E-state index in [1.165, 1.54) is 12.1 Å². The maximum atomic E-state index is 14.3. The van der Waals surface area contributed by atoms with E-state index in [0.717, 1.165) is 54.8 Å². The lowest BCUT2D eigenvalue weighted by Crippen LogP contribution is -2.50. The number of esters is 1. The van der Waals surface area contributed by atoms with Crippen LogP contribution in [0.5, 0.6) is 0 Å². The van der Waals surface area contributed by atoms with E-state index >= 15 is 0 Å². The highest BCUT2D eigenvalue weighted by Crippen LogP contribution is 2.42. The summed E-state index contributed by atoms with van der Waals surface area (Å²) in [7, 11) is -4.39. The minimum absolute atomic E-state index is 0.0224. The average Bonchev–Trinajstić information content (AvgIpc) is 3.72. The van der Waals surface area contributed by atoms with Gasteiger partial charge in [0, 0.05) is 0 Å². The highest BCUT2D eigenvalue weighted by Gasteiger charge is 2.48. The van der Waals surface area contributed by atoms with Gasteiger partial charge in [0.1, 0.15) is 17.7 Å². The first-order valence-electron chi connectivity index (χ1n) is 13.6. The molecule has 2 saturated carbocycles. The van der Waals surface area contributed by atoms with Gasteiger partial charge >= 0.3 is 12.1 Å². The van der Waals surface area contributed by atoms with Gasteiger partial charge in [-0.25, -0.2) is 13.2 Å². The van der Waals surface area contributed by atoms with Crippen LogP contribution in [0.15, 0.2) is 59.5 Å². The molecular formula is C30H39NO6S. The normalized spacial score (nSPS) is 18.3. The fraction of sp³-hybridized carbons (Fsp3) is 0.533. The third-order valence-electron chi connectivity index (χ3n) is 7.13. The van der Waals surface area contributed by atoms with Crippen molar-refractivity contribution in [1.29, 1.82) is 0 Å². The molecule has 0 bridgehead atoms. The summed E-state index contributed by atoms with van der Waals surface area (Å²) in [6, 6.07) is 14.3. The van der Waals surface area contributed by atoms with Gasteiger partial charge in [-0.05, 0) is 77.0 Å². The van der Waals surface area contributed by atoms with E-state index in [1.54, 1.807) is 57.2 Å². The van der Waals surface area contributed by atoms with Gasteiger partial charge in [-0.15, -0.1) is 0 Å². The fourth-order valence-corrected chi connectivity index (χ4v) is 6.51. The third kappa shape index (κ3) is 6.76. The molecule has 8 heteroatoms. The monoisotopic (exact) mass is 541 g/mol. The zero-order valence-corrected chi connectivity index (χ0v) is 23.6. The number of hydrogen-bond acceptors (Lipinski definition) is 6. The zero-order chi connectivity index (χ0) is 27.5. The Morgan fingerprint density at radius 3 is 2.05 bits per heavy atom. The van der Waals surface area contributed by atoms with Gasteiger partial charge in [-0.2, -0.15) is 4.31 Å². The highest BCUT2D eigenvalue weighted by atomic mass is 32.2. The molecule has 0 unspecified atom stereocenters. The number of aryl methyl sites for hydroxylation is 1. The second kappa shape index (κ2) is 11.5. The van der Waals surface area contributed by atoms with Gasteiger partial charge in [0.05, 0.1) is 10.8 Å². The topological polar surface area (TPSA) is 90.0 Å². The Kier molecular flexibility index (Phi) is 8.50. The zero-order valence-electron chi connectivity index (χ0n) is 22.8. The summed E-state index contributed by atoms with van der Waals surface area (Å²) in [6.45, 7) is 6.96. The van der Waals surface area contributed by atoms with E-state index in [2.05, 4.69) is 0 Å². The molecule has 2 atom stereocenters. The summed E-state index contributed by atoms with van der Waals surface area (Å²) in [4.78, 5) is 26.9. The van der Waals surface area contributed by atoms with Gasteiger partial charge in [0.15, 0.2) is 0 Å². The van der Waals surface area contributed by atoms with Crippen molar-refractivity contribution in [1.82, 2.24) is 4.31 Å². The predicted octanol–water partition coefficient (Wildman–Crippen LogP) is 6.56. The maximum absolute atomic E-state index is 14.3. The Balaban J connectivity index is 1.89. The van der Waals surface area contributed by atoms with Gasteiger partial charge in [0.25, 0.3) is 10.0 Å². The number of ether oxygens (including phenoxy) is 2. The summed E-state index contributed by atoms with van der Waals surface area (Å²) in [6.07, 6.45) is 4.29. The van der Waals surface area contributed by atoms with Crippen molar-refractivity contribution >= 4 is 22.1 Å². The molecule has 2 aliphatic rings. The minimum atomic E-state index is -4.39. The number of rotatable bonds is 8. The Morgan fingerprint density at radius 2 is 1.50 bits per heavy atom. The van der Waals surface area contributed by atoms with E-state index in [0.29, 0.717) is 5.56 Å². The maximum Gasteiger partial charge on any atom is 0.425 e. The Labute approximate surface area is 226 Å². The molecule has 2 aromatic carbocycles. The lowest BCUT2D eigenvalue weighted by Gasteiger charge is -2.40. The first kappa shape index (κ1) is 28.1. The molecule has 0 spiro atoms. The molecule has 0 aliphatic heterocycles. The van der Waals surface area contributed by atoms with Crippen LogP contribution in [0.4, 0.5) is 4.79 Å². The molecule has 1 amide bonds. The molecule has 0 radical (unpaired) electrons. The number of carbonyl (C=O) groups excluding carboxylic acids is 2. The van der Waals surface area contributed by atoms with Crippen molar-refractivity contribution in [3.63, 3.8) is 0 Å². The molecule has 0 heterocycles. The second-order valence-electron chi connectivity index (χ2n) is 11.5. The SMILES string of the molecule is Cc1ccc(S(=O)(=O)N(C(=O)OC(C)(C)C)[C@H](c2ccccc2)[C@@H](OC(=O)C2CC2)C2CCCCC2)cc1. The van der Waals surface area contributed by atoms with E-state index in [9.17, 15) is 18.0 Å². The van der Waals surface area contributed by atoms with Crippen molar-refractivity contribution in [2.45, 2.75) is 95.3 Å². The number of amides is 1. The Hall–Kier alpha value is -2.87. The molecule has 2 aliphatic carbocycles. The molecule has 7 nitrogen and oxygen atoms in total. The number of hydrogen-bond donors (Lipinski definition) is 0. The number of carbonyl (C=O) groups is 2. The molecule has 0 aromatic heterocycles. The molecule has 0 N–H and O–H groups in total. The third-order valence-corrected chi connectivity index (χ3v) is 8.90. The van der Waals surface area contributed by atoms with Crippen LogP contribution < -0.4 is 0 Å². The first-order valence-corrected chi connectivity index (χ1v) is 15.0. The second-order valence-corrected chi connectivity index (χ2v) is 13.3. The van der Waals surface area contributed by atoms with Crippen molar-refractivity contribution in [2.24, 2.45) is 11.8 Å². The van der Waals surface area contributed by atoms with Crippen LogP contribution in [0.1, 0.15) is 82.9 Å². The lowest BCUT2D eigenvalue weighted by molar-refractivity contribution is -0.158. The largest absolute Gasteiger partial charge is 0.459 e. The van der Waals surface area contributed by atoms with Crippen LogP contribution >= 0.6 is 0 Å². The van der Waals surface area contributed by atoms with Crippen molar-refractivity contribution in [2.75, 3.05) is 0 Å². The van der Waals surface area contributed by atoms with Gasteiger partial charge in [-0.1, -0.05) is 67.3 Å². The van der Waals surface area contributed by atoms with E-state index < -0.39 is 33.9 Å². The fourth-order valence-electron chi connectivity index (χ4n) is 5.03. The van der Waals surface area contributed by atoms with E-state index in [4.69, 9.17) is 9.47 Å². The average molecular weight is 542 g/mol. The van der Waals surface area contributed by atoms with Crippen LogP contribution in [0.3, 0.4) is 0 Å². The van der Waals surface area contributed by atoms with Gasteiger partial charge in [0.2, 0.25) is 0 Å². The lowest BCUT2D eigenvalue weighted by atomic mass is 9.81. The Morgan fingerprint density at radius 1 is 0.895 bits per heavy atom. The van der Waals surface area contributed by atoms with E-state index in [1.807, 2.05) is 13.0 Å². The summed E-state index contributed by atoms with van der Waals surface area (Å²) in [5.41, 5.74) is 0.531. The van der Waals surface area contributed by atoms with Crippen molar-refractivity contribution < 1.29 is 27.5 Å². The predicted molar refractivity (Wildman–Crippen MR) is 145 cm³/mol. The van der Waals surface area contributed by atoms with Crippen molar-refractivity contribution in [3.05, 3.63) is 65.7 Å². The van der Waals surface area contributed by atoms with Gasteiger partial charge in [-0.3, -0.25) is 4.79 Å². The summed E-state index contributed by atoms with van der Waals surface area (Å²) in [5.74, 6) is -0.575. The minimum Gasteiger partial charge on any atom is -0.459 e. The number of nitrogens with zero attached hydrogens (tertiary/aromatic N) is 1. The highest BCUT2D eigenvalue weighted by molar-refractivity contribution is 7.89. The molecule has 0 saturated heterocycles. The molecular weight excluding hydrogens is 502 g/mol. The number of sulfonamides is 1. The molecule has 206 valence electrons. The van der Waals surface area contributed by atoms with Crippen LogP contribution in [0.2, 0.25) is 0 Å². The van der Waals surface area contributed by atoms with Crippen LogP contribution in [0, 0.1) is 18.8 Å². The number of benzene rings is 2. The first-order chi connectivity index (χ1) is 18.0. The summed E-state index contributed by atoms with van der Waals surface area (Å²) in [5, 5.41) is 0. The smallest absolute Gasteiger partial charge is 0.425 e. The molecule has 38 heavy (non-hydrogen) atoms. The standard InChI is InChI=1S/C30H39NO6S/c1-21-15-19-25(20-16-21)38(34,35)31(29(33)37-30(2,3)4)26(22-11-7-5-8-12-22)27(23-13-9-6-10-14-23)36-28(32)24-17-18-24/h5,7-8,11-12,15-16,19-20,23-24,26-27H,6,9-10,13-14,17-18H2,1-4H3/t26-,27+/m1/s1. The van der Waals surface area contributed by atoms with Gasteiger partial charge < -0.3 is 9.47 Å². The summed E-state index contributed by atoms with van der Waals surface area (Å²) < 4.78 is 41.3. The van der Waals surface area contributed by atoms with Crippen LogP contribution in [-0.2, 0) is 24.3 Å². The summed E-state index contributed by atoms with van der Waals surface area (Å²) >= 11 is 0.